The number of carbonyl (C=O) groups excluding carboxylic acids is 2. The van der Waals surface area contributed by atoms with Crippen molar-refractivity contribution in [3.05, 3.63) is 0 Å². The second kappa shape index (κ2) is 2.99. The number of nitrogens with zero attached hydrogens (tertiary/aromatic N) is 1. The Kier molecular flexibility index (Phi) is 2.30. The highest BCUT2D eigenvalue weighted by Crippen LogP contribution is 2.29. The predicted octanol–water partition coefficient (Wildman–Crippen LogP) is -0.892. The van der Waals surface area contributed by atoms with E-state index in [9.17, 15) is 9.59 Å². The summed E-state index contributed by atoms with van der Waals surface area (Å²) in [7, 11) is 1.33. The van der Waals surface area contributed by atoms with E-state index >= 15 is 0 Å². The van der Waals surface area contributed by atoms with Gasteiger partial charge in [-0.15, -0.1) is 0 Å². The number of esters is 1. The first-order valence-corrected chi connectivity index (χ1v) is 4.05. The SMILES string of the molecule is COC(=O)C(C)(C)N1CC1C(N)=O. The first kappa shape index (κ1) is 9.98. The zero-order valence-corrected chi connectivity index (χ0v) is 8.03. The van der Waals surface area contributed by atoms with Crippen LogP contribution in [0, 0.1) is 0 Å². The molecule has 2 N–H and O–H groups in total. The molecule has 0 bridgehead atoms. The normalized spacial score (nSPS) is 26.7. The van der Waals surface area contributed by atoms with E-state index in [2.05, 4.69) is 4.74 Å². The number of amides is 1. The minimum Gasteiger partial charge on any atom is -0.468 e. The number of rotatable bonds is 3. The first-order chi connectivity index (χ1) is 5.91. The van der Waals surface area contributed by atoms with Crippen molar-refractivity contribution in [2.24, 2.45) is 5.73 Å². The third kappa shape index (κ3) is 1.65. The smallest absolute Gasteiger partial charge is 0.325 e. The van der Waals surface area contributed by atoms with Gasteiger partial charge in [0, 0.05) is 6.54 Å². The monoisotopic (exact) mass is 186 g/mol. The molecule has 0 saturated carbocycles. The number of primary amides is 1. The van der Waals surface area contributed by atoms with E-state index in [0.717, 1.165) is 0 Å². The van der Waals surface area contributed by atoms with E-state index in [1.54, 1.807) is 18.7 Å². The number of hydrogen-bond acceptors (Lipinski definition) is 4. The van der Waals surface area contributed by atoms with Gasteiger partial charge in [-0.05, 0) is 13.8 Å². The summed E-state index contributed by atoms with van der Waals surface area (Å²) in [5.74, 6) is -0.742. The first-order valence-electron chi connectivity index (χ1n) is 4.05. The van der Waals surface area contributed by atoms with Gasteiger partial charge in [-0.25, -0.2) is 0 Å². The zero-order chi connectivity index (χ0) is 10.2. The van der Waals surface area contributed by atoms with Gasteiger partial charge >= 0.3 is 5.97 Å². The van der Waals surface area contributed by atoms with Crippen LogP contribution < -0.4 is 5.73 Å². The highest BCUT2D eigenvalue weighted by Gasteiger charge is 2.52. The molecule has 1 heterocycles. The number of carbonyl (C=O) groups is 2. The van der Waals surface area contributed by atoms with Gasteiger partial charge < -0.3 is 10.5 Å². The molecule has 74 valence electrons. The van der Waals surface area contributed by atoms with Crippen LogP contribution in [0.3, 0.4) is 0 Å². The Hall–Kier alpha value is -1.10. The summed E-state index contributed by atoms with van der Waals surface area (Å²) < 4.78 is 4.61. The molecule has 1 amide bonds. The molecule has 1 aliphatic rings. The average molecular weight is 186 g/mol. The van der Waals surface area contributed by atoms with E-state index in [1.807, 2.05) is 0 Å². The quantitative estimate of drug-likeness (QED) is 0.458. The van der Waals surface area contributed by atoms with Crippen LogP contribution in [0.15, 0.2) is 0 Å². The van der Waals surface area contributed by atoms with E-state index in [-0.39, 0.29) is 12.0 Å². The van der Waals surface area contributed by atoms with Gasteiger partial charge in [0.1, 0.15) is 11.6 Å². The molecule has 1 aliphatic heterocycles. The van der Waals surface area contributed by atoms with Crippen molar-refractivity contribution in [1.29, 1.82) is 0 Å². The maximum absolute atomic E-state index is 11.3. The van der Waals surface area contributed by atoms with Gasteiger partial charge in [0.15, 0.2) is 0 Å². The fourth-order valence-corrected chi connectivity index (χ4v) is 1.37. The largest absolute Gasteiger partial charge is 0.468 e. The molecule has 5 heteroatoms. The average Bonchev–Trinajstić information content (AvgIpc) is 2.81. The van der Waals surface area contributed by atoms with Crippen LogP contribution >= 0.6 is 0 Å². The van der Waals surface area contributed by atoms with E-state index in [4.69, 9.17) is 5.73 Å². The lowest BCUT2D eigenvalue weighted by Gasteiger charge is -2.23. The molecule has 13 heavy (non-hydrogen) atoms. The minimum atomic E-state index is -0.756. The van der Waals surface area contributed by atoms with Crippen molar-refractivity contribution in [3.8, 4) is 0 Å². The summed E-state index contributed by atoms with van der Waals surface area (Å²) >= 11 is 0. The maximum Gasteiger partial charge on any atom is 0.325 e. The van der Waals surface area contributed by atoms with Crippen LogP contribution in [0.2, 0.25) is 0 Å². The third-order valence-electron chi connectivity index (χ3n) is 2.34. The fourth-order valence-electron chi connectivity index (χ4n) is 1.37. The Bertz CT molecular complexity index is 250. The van der Waals surface area contributed by atoms with Crippen LogP contribution in [0.25, 0.3) is 0 Å². The van der Waals surface area contributed by atoms with E-state index in [0.29, 0.717) is 6.54 Å². The lowest BCUT2D eigenvalue weighted by molar-refractivity contribution is -0.150. The van der Waals surface area contributed by atoms with Crippen LogP contribution in [0.5, 0.6) is 0 Å². The molecule has 0 radical (unpaired) electrons. The molecular formula is C8H14N2O3. The second-order valence-electron chi connectivity index (χ2n) is 3.62. The Labute approximate surface area is 76.8 Å². The fraction of sp³-hybridized carbons (Fsp3) is 0.750. The topological polar surface area (TPSA) is 72.4 Å². The Morgan fingerprint density at radius 2 is 2.08 bits per heavy atom. The van der Waals surface area contributed by atoms with Crippen LogP contribution in [0.1, 0.15) is 13.8 Å². The highest BCUT2D eigenvalue weighted by molar-refractivity contribution is 5.87. The van der Waals surface area contributed by atoms with Gasteiger partial charge in [-0.2, -0.15) is 0 Å². The maximum atomic E-state index is 11.3. The summed E-state index contributed by atoms with van der Waals surface area (Å²) in [4.78, 5) is 23.7. The van der Waals surface area contributed by atoms with Crippen molar-refractivity contribution >= 4 is 11.9 Å². The molecule has 0 aliphatic carbocycles. The molecule has 1 fully saturated rings. The summed E-state index contributed by atoms with van der Waals surface area (Å²) in [6.07, 6.45) is 0. The zero-order valence-electron chi connectivity index (χ0n) is 8.03. The summed E-state index contributed by atoms with van der Waals surface area (Å²) in [6, 6.07) is -0.311. The molecule has 0 aromatic carbocycles. The Morgan fingerprint density at radius 1 is 1.54 bits per heavy atom. The third-order valence-corrected chi connectivity index (χ3v) is 2.34. The molecule has 1 saturated heterocycles. The van der Waals surface area contributed by atoms with Crippen LogP contribution in [-0.4, -0.2) is 42.0 Å². The molecule has 0 spiro atoms. The molecule has 0 aromatic rings. The van der Waals surface area contributed by atoms with Gasteiger partial charge in [0.05, 0.1) is 7.11 Å². The minimum absolute atomic E-state index is 0.311. The standard InChI is InChI=1S/C8H14N2O3/c1-8(2,7(12)13-3)10-4-5(10)6(9)11/h5H,4H2,1-3H3,(H2,9,11). The highest BCUT2D eigenvalue weighted by atomic mass is 16.5. The van der Waals surface area contributed by atoms with Gasteiger partial charge in [0.25, 0.3) is 0 Å². The molecule has 2 atom stereocenters. The van der Waals surface area contributed by atoms with Crippen molar-refractivity contribution < 1.29 is 14.3 Å². The van der Waals surface area contributed by atoms with Crippen LogP contribution in [0.4, 0.5) is 0 Å². The van der Waals surface area contributed by atoms with Gasteiger partial charge in [0.2, 0.25) is 5.91 Å². The van der Waals surface area contributed by atoms with Gasteiger partial charge in [-0.1, -0.05) is 0 Å². The lowest BCUT2D eigenvalue weighted by atomic mass is 10.1. The molecule has 1 rings (SSSR count). The van der Waals surface area contributed by atoms with Crippen molar-refractivity contribution in [2.75, 3.05) is 13.7 Å². The van der Waals surface area contributed by atoms with Crippen molar-refractivity contribution in [2.45, 2.75) is 25.4 Å². The molecule has 2 unspecified atom stereocenters. The van der Waals surface area contributed by atoms with E-state index < -0.39 is 11.4 Å². The molecular weight excluding hydrogens is 172 g/mol. The summed E-state index contributed by atoms with van der Waals surface area (Å²) in [5, 5.41) is 0. The molecule has 5 nitrogen and oxygen atoms in total. The van der Waals surface area contributed by atoms with Crippen molar-refractivity contribution in [3.63, 3.8) is 0 Å². The number of methoxy groups -OCH3 is 1. The van der Waals surface area contributed by atoms with Crippen LogP contribution in [-0.2, 0) is 14.3 Å². The summed E-state index contributed by atoms with van der Waals surface area (Å²) in [5.41, 5.74) is 4.34. The Morgan fingerprint density at radius 3 is 2.38 bits per heavy atom. The second-order valence-corrected chi connectivity index (χ2v) is 3.62. The Balaban J connectivity index is 2.64. The number of nitrogens with two attached hydrogens (primary N) is 1. The lowest BCUT2D eigenvalue weighted by Crippen LogP contribution is -2.43. The van der Waals surface area contributed by atoms with Gasteiger partial charge in [-0.3, -0.25) is 14.5 Å². The molecule has 0 aromatic heterocycles. The van der Waals surface area contributed by atoms with E-state index in [1.165, 1.54) is 7.11 Å². The number of hydrogen-bond donors (Lipinski definition) is 1. The number of ether oxygens (including phenoxy) is 1. The van der Waals surface area contributed by atoms with Crippen molar-refractivity contribution in [1.82, 2.24) is 4.90 Å². The predicted molar refractivity (Wildman–Crippen MR) is 45.8 cm³/mol. The summed E-state index contributed by atoms with van der Waals surface area (Å²) in [6.45, 7) is 3.96.